The Bertz CT molecular complexity index is 236. The van der Waals surface area contributed by atoms with Crippen molar-refractivity contribution in [1.82, 2.24) is 5.32 Å². The van der Waals surface area contributed by atoms with E-state index in [-0.39, 0.29) is 0 Å². The smallest absolute Gasteiger partial charge is 0.0587 e. The van der Waals surface area contributed by atoms with Gasteiger partial charge in [0.2, 0.25) is 0 Å². The standard InChI is InChI=1S/C12H21NOS/c1-3-11(10-13-6-7-14-2)9-12-5-4-8-15-12/h4-5,8,11,13H,3,6-7,9-10H2,1-2H3. The number of hydrogen-bond donors (Lipinski definition) is 1. The van der Waals surface area contributed by atoms with E-state index in [1.807, 2.05) is 11.3 Å². The minimum Gasteiger partial charge on any atom is -0.383 e. The Balaban J connectivity index is 2.18. The molecule has 1 rings (SSSR count). The molecule has 1 unspecified atom stereocenters. The van der Waals surface area contributed by atoms with Crippen molar-refractivity contribution in [2.75, 3.05) is 26.8 Å². The summed E-state index contributed by atoms with van der Waals surface area (Å²) in [7, 11) is 1.74. The molecule has 0 amide bonds. The van der Waals surface area contributed by atoms with Crippen molar-refractivity contribution in [3.8, 4) is 0 Å². The quantitative estimate of drug-likeness (QED) is 0.689. The molecule has 0 aliphatic rings. The third kappa shape index (κ3) is 5.30. The Labute approximate surface area is 96.7 Å². The van der Waals surface area contributed by atoms with Gasteiger partial charge >= 0.3 is 0 Å². The van der Waals surface area contributed by atoms with Crippen LogP contribution < -0.4 is 5.32 Å². The SMILES string of the molecule is CCC(CNCCOC)Cc1cccs1. The minimum absolute atomic E-state index is 0.750. The fourth-order valence-corrected chi connectivity index (χ4v) is 2.38. The molecule has 0 radical (unpaired) electrons. The second-order valence-corrected chi connectivity index (χ2v) is 4.79. The molecule has 0 bridgehead atoms. The molecular formula is C12H21NOS. The van der Waals surface area contributed by atoms with E-state index in [9.17, 15) is 0 Å². The van der Waals surface area contributed by atoms with Gasteiger partial charge in [0, 0.05) is 18.5 Å². The van der Waals surface area contributed by atoms with Crippen LogP contribution in [0.4, 0.5) is 0 Å². The van der Waals surface area contributed by atoms with Gasteiger partial charge in [0.1, 0.15) is 0 Å². The van der Waals surface area contributed by atoms with Gasteiger partial charge in [0.25, 0.3) is 0 Å². The summed E-state index contributed by atoms with van der Waals surface area (Å²) in [6.07, 6.45) is 2.44. The van der Waals surface area contributed by atoms with Crippen LogP contribution >= 0.6 is 11.3 Å². The zero-order valence-electron chi connectivity index (χ0n) is 9.66. The number of rotatable bonds is 8. The maximum Gasteiger partial charge on any atom is 0.0587 e. The number of methoxy groups -OCH3 is 1. The highest BCUT2D eigenvalue weighted by atomic mass is 32.1. The Hall–Kier alpha value is -0.380. The molecule has 0 spiro atoms. The first-order valence-electron chi connectivity index (χ1n) is 5.58. The van der Waals surface area contributed by atoms with Gasteiger partial charge < -0.3 is 10.1 Å². The van der Waals surface area contributed by atoms with E-state index >= 15 is 0 Å². The fraction of sp³-hybridized carbons (Fsp3) is 0.667. The zero-order chi connectivity index (χ0) is 10.9. The topological polar surface area (TPSA) is 21.3 Å². The van der Waals surface area contributed by atoms with Crippen LogP contribution in [0.3, 0.4) is 0 Å². The van der Waals surface area contributed by atoms with Crippen LogP contribution in [0.5, 0.6) is 0 Å². The van der Waals surface area contributed by atoms with Crippen molar-refractivity contribution >= 4 is 11.3 Å². The lowest BCUT2D eigenvalue weighted by molar-refractivity contribution is 0.197. The van der Waals surface area contributed by atoms with Crippen LogP contribution in [-0.4, -0.2) is 26.8 Å². The third-order valence-electron chi connectivity index (χ3n) is 2.56. The average molecular weight is 227 g/mol. The molecule has 2 nitrogen and oxygen atoms in total. The molecule has 1 aromatic heterocycles. The van der Waals surface area contributed by atoms with E-state index < -0.39 is 0 Å². The number of ether oxygens (including phenoxy) is 1. The molecule has 0 aliphatic carbocycles. The molecule has 1 N–H and O–H groups in total. The predicted octanol–water partition coefficient (Wildman–Crippen LogP) is 2.55. The summed E-state index contributed by atoms with van der Waals surface area (Å²) in [5.74, 6) is 0.750. The first-order valence-corrected chi connectivity index (χ1v) is 6.46. The van der Waals surface area contributed by atoms with Crippen LogP contribution in [-0.2, 0) is 11.2 Å². The van der Waals surface area contributed by atoms with Crippen molar-refractivity contribution in [1.29, 1.82) is 0 Å². The number of thiophene rings is 1. The normalized spacial score (nSPS) is 12.9. The monoisotopic (exact) mass is 227 g/mol. The third-order valence-corrected chi connectivity index (χ3v) is 3.46. The Kier molecular flexibility index (Phi) is 6.64. The summed E-state index contributed by atoms with van der Waals surface area (Å²) in [5.41, 5.74) is 0. The van der Waals surface area contributed by atoms with Gasteiger partial charge in [-0.1, -0.05) is 19.4 Å². The molecule has 0 fully saturated rings. The summed E-state index contributed by atoms with van der Waals surface area (Å²) in [6, 6.07) is 4.35. The van der Waals surface area contributed by atoms with Gasteiger partial charge in [0.15, 0.2) is 0 Å². The lowest BCUT2D eigenvalue weighted by Gasteiger charge is -2.14. The van der Waals surface area contributed by atoms with Crippen molar-refractivity contribution in [3.63, 3.8) is 0 Å². The van der Waals surface area contributed by atoms with Gasteiger partial charge in [-0.25, -0.2) is 0 Å². The second kappa shape index (κ2) is 7.85. The number of nitrogens with one attached hydrogen (secondary N) is 1. The van der Waals surface area contributed by atoms with Crippen molar-refractivity contribution in [2.24, 2.45) is 5.92 Å². The zero-order valence-corrected chi connectivity index (χ0v) is 10.5. The van der Waals surface area contributed by atoms with Crippen LogP contribution in [0.25, 0.3) is 0 Å². The van der Waals surface area contributed by atoms with E-state index in [1.54, 1.807) is 7.11 Å². The van der Waals surface area contributed by atoms with Gasteiger partial charge in [-0.3, -0.25) is 0 Å². The van der Waals surface area contributed by atoms with E-state index in [0.717, 1.165) is 25.6 Å². The predicted molar refractivity (Wildman–Crippen MR) is 66.5 cm³/mol. The van der Waals surface area contributed by atoms with Gasteiger partial charge in [-0.05, 0) is 30.3 Å². The van der Waals surface area contributed by atoms with Crippen LogP contribution in [0.15, 0.2) is 17.5 Å². The highest BCUT2D eigenvalue weighted by molar-refractivity contribution is 7.09. The molecule has 0 saturated carbocycles. The maximum absolute atomic E-state index is 5.00. The second-order valence-electron chi connectivity index (χ2n) is 3.75. The van der Waals surface area contributed by atoms with E-state index in [2.05, 4.69) is 29.8 Å². The van der Waals surface area contributed by atoms with E-state index in [0.29, 0.717) is 0 Å². The molecule has 86 valence electrons. The van der Waals surface area contributed by atoms with E-state index in [1.165, 1.54) is 17.7 Å². The summed E-state index contributed by atoms with van der Waals surface area (Å²) in [5, 5.41) is 5.58. The molecule has 0 saturated heterocycles. The summed E-state index contributed by atoms with van der Waals surface area (Å²) in [4.78, 5) is 1.50. The first kappa shape index (κ1) is 12.7. The minimum atomic E-state index is 0.750. The Morgan fingerprint density at radius 3 is 3.00 bits per heavy atom. The van der Waals surface area contributed by atoms with Gasteiger partial charge in [0.05, 0.1) is 6.61 Å². The highest BCUT2D eigenvalue weighted by Gasteiger charge is 2.07. The Morgan fingerprint density at radius 1 is 1.53 bits per heavy atom. The molecule has 15 heavy (non-hydrogen) atoms. The summed E-state index contributed by atoms with van der Waals surface area (Å²) in [6.45, 7) is 5.11. The van der Waals surface area contributed by atoms with Gasteiger partial charge in [-0.15, -0.1) is 11.3 Å². The van der Waals surface area contributed by atoms with Gasteiger partial charge in [-0.2, -0.15) is 0 Å². The van der Waals surface area contributed by atoms with Crippen LogP contribution in [0.2, 0.25) is 0 Å². The van der Waals surface area contributed by atoms with Crippen molar-refractivity contribution in [3.05, 3.63) is 22.4 Å². The largest absolute Gasteiger partial charge is 0.383 e. The molecule has 1 heterocycles. The van der Waals surface area contributed by atoms with Crippen molar-refractivity contribution < 1.29 is 4.74 Å². The lowest BCUT2D eigenvalue weighted by Crippen LogP contribution is -2.26. The molecular weight excluding hydrogens is 206 g/mol. The fourth-order valence-electron chi connectivity index (χ4n) is 1.55. The molecule has 0 aromatic carbocycles. The summed E-state index contributed by atoms with van der Waals surface area (Å²) < 4.78 is 5.00. The number of hydrogen-bond acceptors (Lipinski definition) is 3. The van der Waals surface area contributed by atoms with Crippen LogP contribution in [0.1, 0.15) is 18.2 Å². The first-order chi connectivity index (χ1) is 7.36. The molecule has 3 heteroatoms. The Morgan fingerprint density at radius 2 is 2.40 bits per heavy atom. The molecule has 1 aromatic rings. The molecule has 0 aliphatic heterocycles. The van der Waals surface area contributed by atoms with Crippen molar-refractivity contribution in [2.45, 2.75) is 19.8 Å². The average Bonchev–Trinajstić information content (AvgIpc) is 2.75. The lowest BCUT2D eigenvalue weighted by atomic mass is 10.0. The highest BCUT2D eigenvalue weighted by Crippen LogP contribution is 2.16. The van der Waals surface area contributed by atoms with Crippen LogP contribution in [0, 0.1) is 5.92 Å². The summed E-state index contributed by atoms with van der Waals surface area (Å²) >= 11 is 1.86. The van der Waals surface area contributed by atoms with E-state index in [4.69, 9.17) is 4.74 Å². The molecule has 1 atom stereocenters. The maximum atomic E-state index is 5.00.